The summed E-state index contributed by atoms with van der Waals surface area (Å²) < 4.78 is 1.62. The highest BCUT2D eigenvalue weighted by atomic mass is 35.5. The molecule has 1 atom stereocenters. The van der Waals surface area contributed by atoms with E-state index in [4.69, 9.17) is 11.6 Å². The van der Waals surface area contributed by atoms with Gasteiger partial charge < -0.3 is 4.57 Å². The Labute approximate surface area is 88.7 Å². The molecule has 0 aromatic carbocycles. The first kappa shape index (κ1) is 11.2. The molecule has 0 radical (unpaired) electrons. The van der Waals surface area contributed by atoms with Gasteiger partial charge in [0.1, 0.15) is 0 Å². The lowest BCUT2D eigenvalue weighted by atomic mass is 10.1. The Bertz CT molecular complexity index is 348. The summed E-state index contributed by atoms with van der Waals surface area (Å²) in [5.74, 6) is 0.496. The normalized spacial score (nSPS) is 12.8. The molecule has 0 aliphatic heterocycles. The molecule has 14 heavy (non-hydrogen) atoms. The second-order valence-corrected chi connectivity index (χ2v) is 3.93. The molecular formula is C10H15ClN2O. The fourth-order valence-electron chi connectivity index (χ4n) is 1.48. The van der Waals surface area contributed by atoms with Crippen molar-refractivity contribution in [3.8, 4) is 0 Å². The van der Waals surface area contributed by atoms with Crippen molar-refractivity contribution in [2.24, 2.45) is 5.92 Å². The lowest BCUT2D eigenvalue weighted by Crippen LogP contribution is -2.23. The minimum absolute atomic E-state index is 0.0520. The van der Waals surface area contributed by atoms with Gasteiger partial charge in [-0.2, -0.15) is 0 Å². The highest BCUT2D eigenvalue weighted by Crippen LogP contribution is 2.07. The molecule has 0 fully saturated rings. The van der Waals surface area contributed by atoms with Crippen LogP contribution < -0.4 is 5.56 Å². The molecule has 3 nitrogen and oxygen atoms in total. The van der Waals surface area contributed by atoms with Crippen molar-refractivity contribution < 1.29 is 0 Å². The Morgan fingerprint density at radius 2 is 2.36 bits per heavy atom. The van der Waals surface area contributed by atoms with E-state index in [1.165, 1.54) is 0 Å². The molecule has 1 aromatic rings. The SMILES string of the molecule is CCCC(C)Cn1ccnc(Cl)c1=O. The van der Waals surface area contributed by atoms with Crippen molar-refractivity contribution in [3.05, 3.63) is 27.9 Å². The molecule has 0 saturated heterocycles. The Morgan fingerprint density at radius 1 is 1.64 bits per heavy atom. The number of halogens is 1. The summed E-state index contributed by atoms with van der Waals surface area (Å²) >= 11 is 5.63. The average Bonchev–Trinajstić information content (AvgIpc) is 2.13. The summed E-state index contributed by atoms with van der Waals surface area (Å²) in [4.78, 5) is 15.2. The standard InChI is InChI=1S/C10H15ClN2O/c1-3-4-8(2)7-13-6-5-12-9(11)10(13)14/h5-6,8H,3-4,7H2,1-2H3. The van der Waals surface area contributed by atoms with Gasteiger partial charge in [0.05, 0.1) is 0 Å². The molecule has 0 N–H and O–H groups in total. The molecule has 1 aromatic heterocycles. The van der Waals surface area contributed by atoms with Crippen LogP contribution in [0.15, 0.2) is 17.2 Å². The fraction of sp³-hybridized carbons (Fsp3) is 0.600. The van der Waals surface area contributed by atoms with Crippen LogP contribution in [0, 0.1) is 5.92 Å². The van der Waals surface area contributed by atoms with Crippen molar-refractivity contribution in [1.82, 2.24) is 9.55 Å². The predicted octanol–water partition coefficient (Wildman–Crippen LogP) is 2.33. The van der Waals surface area contributed by atoms with Crippen molar-refractivity contribution in [2.75, 3.05) is 0 Å². The zero-order chi connectivity index (χ0) is 10.6. The zero-order valence-corrected chi connectivity index (χ0v) is 9.29. The second kappa shape index (κ2) is 5.15. The Kier molecular flexibility index (Phi) is 4.14. The predicted molar refractivity (Wildman–Crippen MR) is 57.6 cm³/mol. The van der Waals surface area contributed by atoms with Crippen molar-refractivity contribution in [1.29, 1.82) is 0 Å². The van der Waals surface area contributed by atoms with Crippen LogP contribution in [-0.4, -0.2) is 9.55 Å². The molecule has 0 aliphatic carbocycles. The molecule has 0 bridgehead atoms. The van der Waals surface area contributed by atoms with Crippen molar-refractivity contribution >= 4 is 11.6 Å². The summed E-state index contributed by atoms with van der Waals surface area (Å²) in [6.45, 7) is 4.98. The minimum atomic E-state index is -0.197. The summed E-state index contributed by atoms with van der Waals surface area (Å²) in [6, 6.07) is 0. The monoisotopic (exact) mass is 214 g/mol. The second-order valence-electron chi connectivity index (χ2n) is 3.57. The first-order chi connectivity index (χ1) is 6.65. The van der Waals surface area contributed by atoms with E-state index in [2.05, 4.69) is 18.8 Å². The molecule has 78 valence electrons. The van der Waals surface area contributed by atoms with Gasteiger partial charge in [-0.25, -0.2) is 4.98 Å². The van der Waals surface area contributed by atoms with E-state index in [9.17, 15) is 4.79 Å². The van der Waals surface area contributed by atoms with Gasteiger partial charge in [-0.1, -0.05) is 31.9 Å². The Hall–Kier alpha value is -0.830. The van der Waals surface area contributed by atoms with E-state index < -0.39 is 0 Å². The van der Waals surface area contributed by atoms with Gasteiger partial charge in [0.2, 0.25) is 0 Å². The van der Waals surface area contributed by atoms with Crippen LogP contribution in [0.2, 0.25) is 5.15 Å². The van der Waals surface area contributed by atoms with E-state index in [-0.39, 0.29) is 10.7 Å². The Morgan fingerprint density at radius 3 is 3.00 bits per heavy atom. The topological polar surface area (TPSA) is 34.9 Å². The molecule has 1 heterocycles. The van der Waals surface area contributed by atoms with Gasteiger partial charge in [0.15, 0.2) is 5.15 Å². The average molecular weight is 215 g/mol. The van der Waals surface area contributed by atoms with E-state index in [1.807, 2.05) is 0 Å². The van der Waals surface area contributed by atoms with Gasteiger partial charge in [-0.3, -0.25) is 4.79 Å². The highest BCUT2D eigenvalue weighted by molar-refractivity contribution is 6.29. The van der Waals surface area contributed by atoms with Crippen LogP contribution >= 0.6 is 11.6 Å². The number of rotatable bonds is 4. The molecule has 1 unspecified atom stereocenters. The summed E-state index contributed by atoms with van der Waals surface area (Å²) in [7, 11) is 0. The van der Waals surface area contributed by atoms with E-state index >= 15 is 0 Å². The van der Waals surface area contributed by atoms with E-state index in [0.29, 0.717) is 5.92 Å². The van der Waals surface area contributed by atoms with Gasteiger partial charge in [-0.05, 0) is 12.3 Å². The van der Waals surface area contributed by atoms with Crippen LogP contribution in [0.1, 0.15) is 26.7 Å². The molecular weight excluding hydrogens is 200 g/mol. The molecule has 1 rings (SSSR count). The Balaban J connectivity index is 2.77. The van der Waals surface area contributed by atoms with Gasteiger partial charge in [0.25, 0.3) is 5.56 Å². The maximum atomic E-state index is 11.5. The first-order valence-corrected chi connectivity index (χ1v) is 5.24. The van der Waals surface area contributed by atoms with Gasteiger partial charge in [-0.15, -0.1) is 0 Å². The molecule has 4 heteroatoms. The van der Waals surface area contributed by atoms with Crippen LogP contribution in [0.5, 0.6) is 0 Å². The number of hydrogen-bond donors (Lipinski definition) is 0. The molecule has 0 spiro atoms. The lowest BCUT2D eigenvalue weighted by molar-refractivity contribution is 0.437. The fourth-order valence-corrected chi connectivity index (χ4v) is 1.65. The first-order valence-electron chi connectivity index (χ1n) is 4.86. The maximum absolute atomic E-state index is 11.5. The number of aromatic nitrogens is 2. The van der Waals surface area contributed by atoms with Crippen LogP contribution in [-0.2, 0) is 6.54 Å². The maximum Gasteiger partial charge on any atom is 0.288 e. The van der Waals surface area contributed by atoms with E-state index in [0.717, 1.165) is 19.4 Å². The summed E-state index contributed by atoms with van der Waals surface area (Å²) in [6.07, 6.45) is 5.49. The largest absolute Gasteiger partial charge is 0.311 e. The van der Waals surface area contributed by atoms with Crippen LogP contribution in [0.4, 0.5) is 0 Å². The quantitative estimate of drug-likeness (QED) is 0.771. The molecule has 0 amide bonds. The smallest absolute Gasteiger partial charge is 0.288 e. The number of hydrogen-bond acceptors (Lipinski definition) is 2. The molecule has 0 aliphatic rings. The van der Waals surface area contributed by atoms with Gasteiger partial charge in [0, 0.05) is 18.9 Å². The van der Waals surface area contributed by atoms with Crippen molar-refractivity contribution in [2.45, 2.75) is 33.2 Å². The third-order valence-corrected chi connectivity index (χ3v) is 2.42. The summed E-state index contributed by atoms with van der Waals surface area (Å²) in [5, 5.41) is 0.0520. The third-order valence-electron chi connectivity index (χ3n) is 2.16. The van der Waals surface area contributed by atoms with Crippen molar-refractivity contribution in [3.63, 3.8) is 0 Å². The number of nitrogens with zero attached hydrogens (tertiary/aromatic N) is 2. The third kappa shape index (κ3) is 2.84. The lowest BCUT2D eigenvalue weighted by Gasteiger charge is -2.11. The molecule has 0 saturated carbocycles. The zero-order valence-electron chi connectivity index (χ0n) is 8.53. The highest BCUT2D eigenvalue weighted by Gasteiger charge is 2.05. The van der Waals surface area contributed by atoms with Crippen LogP contribution in [0.25, 0.3) is 0 Å². The summed E-state index contributed by atoms with van der Waals surface area (Å²) in [5.41, 5.74) is -0.197. The minimum Gasteiger partial charge on any atom is -0.311 e. The van der Waals surface area contributed by atoms with Gasteiger partial charge >= 0.3 is 0 Å². The van der Waals surface area contributed by atoms with Crippen LogP contribution in [0.3, 0.4) is 0 Å². The van der Waals surface area contributed by atoms with E-state index in [1.54, 1.807) is 17.0 Å².